The first kappa shape index (κ1) is 12.3. The summed E-state index contributed by atoms with van der Waals surface area (Å²) in [7, 11) is 1.55. The summed E-state index contributed by atoms with van der Waals surface area (Å²) in [6.07, 6.45) is 3.54. The molecule has 6 heteroatoms. The predicted octanol–water partition coefficient (Wildman–Crippen LogP) is 2.04. The molecule has 3 heterocycles. The highest BCUT2D eigenvalue weighted by Gasteiger charge is 2.10. The van der Waals surface area contributed by atoms with Crippen LogP contribution in [0.15, 0.2) is 42.7 Å². The van der Waals surface area contributed by atoms with Crippen LogP contribution >= 0.6 is 0 Å². The zero-order valence-corrected chi connectivity index (χ0v) is 11.2. The molecule has 0 saturated carbocycles. The van der Waals surface area contributed by atoms with Gasteiger partial charge in [-0.1, -0.05) is 6.07 Å². The van der Waals surface area contributed by atoms with Crippen molar-refractivity contribution in [3.05, 3.63) is 48.3 Å². The van der Waals surface area contributed by atoms with Crippen molar-refractivity contribution >= 4 is 0 Å². The molecule has 0 unspecified atom stereocenters. The van der Waals surface area contributed by atoms with E-state index in [2.05, 4.69) is 20.3 Å². The summed E-state index contributed by atoms with van der Waals surface area (Å²) in [5.74, 6) is 1.09. The predicted molar refractivity (Wildman–Crippen MR) is 73.7 cm³/mol. The Kier molecular flexibility index (Phi) is 3.12. The number of hydrogen-bond donors (Lipinski definition) is 0. The number of hydrogen-bond acceptors (Lipinski definition) is 5. The molecule has 0 fully saturated rings. The van der Waals surface area contributed by atoms with Crippen molar-refractivity contribution in [2.24, 2.45) is 0 Å². The van der Waals surface area contributed by atoms with Crippen molar-refractivity contribution in [2.75, 3.05) is 7.11 Å². The monoisotopic (exact) mass is 267 g/mol. The highest BCUT2D eigenvalue weighted by molar-refractivity contribution is 5.56. The lowest BCUT2D eigenvalue weighted by molar-refractivity contribution is 0.391. The molecule has 0 saturated heterocycles. The van der Waals surface area contributed by atoms with Crippen molar-refractivity contribution in [2.45, 2.75) is 6.92 Å². The summed E-state index contributed by atoms with van der Waals surface area (Å²) in [4.78, 5) is 4.41. The smallest absolute Gasteiger partial charge is 0.233 e. The van der Waals surface area contributed by atoms with Crippen LogP contribution in [0.5, 0.6) is 5.88 Å². The number of aromatic nitrogens is 5. The summed E-state index contributed by atoms with van der Waals surface area (Å²) in [6, 6.07) is 9.41. The van der Waals surface area contributed by atoms with Gasteiger partial charge in [0, 0.05) is 12.3 Å². The molecular formula is C14H13N5O. The molecule has 0 radical (unpaired) electrons. The van der Waals surface area contributed by atoms with Crippen LogP contribution in [0.4, 0.5) is 0 Å². The second-order valence-electron chi connectivity index (χ2n) is 4.28. The van der Waals surface area contributed by atoms with E-state index in [0.717, 1.165) is 17.0 Å². The van der Waals surface area contributed by atoms with Gasteiger partial charge >= 0.3 is 0 Å². The molecule has 0 aromatic carbocycles. The second-order valence-corrected chi connectivity index (χ2v) is 4.28. The minimum Gasteiger partial charge on any atom is -0.480 e. The minimum atomic E-state index is 0.468. The molecule has 0 bridgehead atoms. The van der Waals surface area contributed by atoms with Crippen LogP contribution in [0.1, 0.15) is 5.56 Å². The third-order valence-corrected chi connectivity index (χ3v) is 2.87. The maximum absolute atomic E-state index is 5.00. The van der Waals surface area contributed by atoms with E-state index in [0.29, 0.717) is 11.7 Å². The molecule has 3 aromatic rings. The van der Waals surface area contributed by atoms with Crippen molar-refractivity contribution in [3.63, 3.8) is 0 Å². The maximum Gasteiger partial charge on any atom is 0.233 e. The summed E-state index contributed by atoms with van der Waals surface area (Å²) < 4.78 is 6.70. The number of methoxy groups -OCH3 is 1. The number of aryl methyl sites for hydroxylation is 1. The fraction of sp³-hybridized carbons (Fsp3) is 0.143. The number of rotatable bonds is 3. The molecule has 3 rings (SSSR count). The third kappa shape index (κ3) is 2.23. The van der Waals surface area contributed by atoms with Crippen LogP contribution < -0.4 is 4.74 Å². The quantitative estimate of drug-likeness (QED) is 0.726. The van der Waals surface area contributed by atoms with Gasteiger partial charge in [0.25, 0.3) is 0 Å². The van der Waals surface area contributed by atoms with Gasteiger partial charge in [-0.05, 0) is 30.7 Å². The fourth-order valence-corrected chi connectivity index (χ4v) is 1.83. The van der Waals surface area contributed by atoms with Crippen LogP contribution in [0.2, 0.25) is 0 Å². The summed E-state index contributed by atoms with van der Waals surface area (Å²) >= 11 is 0. The molecule has 3 aromatic heterocycles. The topological polar surface area (TPSA) is 65.7 Å². The van der Waals surface area contributed by atoms with Gasteiger partial charge in [-0.3, -0.25) is 4.98 Å². The van der Waals surface area contributed by atoms with E-state index in [1.165, 1.54) is 0 Å². The highest BCUT2D eigenvalue weighted by atomic mass is 16.5. The molecule has 6 nitrogen and oxygen atoms in total. The summed E-state index contributed by atoms with van der Waals surface area (Å²) in [5.41, 5.74) is 2.82. The molecule has 0 atom stereocenters. The number of ether oxygens (including phenoxy) is 1. The fourth-order valence-electron chi connectivity index (χ4n) is 1.83. The van der Waals surface area contributed by atoms with E-state index < -0.39 is 0 Å². The first-order chi connectivity index (χ1) is 9.78. The zero-order chi connectivity index (χ0) is 13.9. The van der Waals surface area contributed by atoms with Crippen molar-refractivity contribution in [1.82, 2.24) is 25.0 Å². The Morgan fingerprint density at radius 2 is 1.95 bits per heavy atom. The Bertz CT molecular complexity index is 703. The molecular weight excluding hydrogens is 254 g/mol. The summed E-state index contributed by atoms with van der Waals surface area (Å²) in [6.45, 7) is 2.00. The lowest BCUT2D eigenvalue weighted by Gasteiger charge is -2.06. The Morgan fingerprint density at radius 3 is 2.60 bits per heavy atom. The normalized spacial score (nSPS) is 10.5. The average molecular weight is 267 g/mol. The van der Waals surface area contributed by atoms with E-state index in [1.807, 2.05) is 31.3 Å². The zero-order valence-electron chi connectivity index (χ0n) is 11.2. The van der Waals surface area contributed by atoms with Gasteiger partial charge in [-0.25, -0.2) is 4.68 Å². The maximum atomic E-state index is 5.00. The second kappa shape index (κ2) is 5.08. The highest BCUT2D eigenvalue weighted by Crippen LogP contribution is 2.19. The SMILES string of the molecule is COc1ccc(-n2nccc2-c2ccc(C)cn2)nn1. The first-order valence-electron chi connectivity index (χ1n) is 6.13. The Balaban J connectivity index is 2.02. The molecule has 0 amide bonds. The number of pyridine rings is 1. The lowest BCUT2D eigenvalue weighted by Crippen LogP contribution is -2.04. The minimum absolute atomic E-state index is 0.468. The van der Waals surface area contributed by atoms with E-state index in [9.17, 15) is 0 Å². The van der Waals surface area contributed by atoms with Gasteiger partial charge < -0.3 is 4.74 Å². The molecule has 0 aliphatic carbocycles. The third-order valence-electron chi connectivity index (χ3n) is 2.87. The van der Waals surface area contributed by atoms with Gasteiger partial charge in [0.15, 0.2) is 5.82 Å². The van der Waals surface area contributed by atoms with Crippen LogP contribution in [0, 0.1) is 6.92 Å². The van der Waals surface area contributed by atoms with Gasteiger partial charge in [0.05, 0.1) is 24.7 Å². The van der Waals surface area contributed by atoms with Gasteiger partial charge in [0.1, 0.15) is 0 Å². The van der Waals surface area contributed by atoms with E-state index >= 15 is 0 Å². The molecule has 100 valence electrons. The summed E-state index contributed by atoms with van der Waals surface area (Å²) in [5, 5.41) is 12.3. The van der Waals surface area contributed by atoms with E-state index in [-0.39, 0.29) is 0 Å². The molecule has 0 spiro atoms. The Labute approximate surface area is 116 Å². The first-order valence-corrected chi connectivity index (χ1v) is 6.13. The average Bonchev–Trinajstić information content (AvgIpc) is 2.97. The van der Waals surface area contributed by atoms with E-state index in [4.69, 9.17) is 4.74 Å². The largest absolute Gasteiger partial charge is 0.480 e. The van der Waals surface area contributed by atoms with Crippen LogP contribution in [0.3, 0.4) is 0 Å². The van der Waals surface area contributed by atoms with Gasteiger partial charge in [-0.2, -0.15) is 5.10 Å². The number of nitrogens with zero attached hydrogens (tertiary/aromatic N) is 5. The Morgan fingerprint density at radius 1 is 1.05 bits per heavy atom. The van der Waals surface area contributed by atoms with Gasteiger partial charge in [-0.15, -0.1) is 10.2 Å². The van der Waals surface area contributed by atoms with Crippen molar-refractivity contribution < 1.29 is 4.74 Å². The van der Waals surface area contributed by atoms with Crippen LogP contribution in [-0.4, -0.2) is 32.1 Å². The molecule has 0 aliphatic heterocycles. The Hall–Kier alpha value is -2.76. The standard InChI is InChI=1S/C14H13N5O/c1-10-3-4-11(15-9-10)12-7-8-16-19(12)13-5-6-14(20-2)18-17-13/h3-9H,1-2H3. The van der Waals surface area contributed by atoms with Crippen molar-refractivity contribution in [1.29, 1.82) is 0 Å². The lowest BCUT2D eigenvalue weighted by atomic mass is 10.2. The van der Waals surface area contributed by atoms with Crippen molar-refractivity contribution in [3.8, 4) is 23.1 Å². The molecule has 20 heavy (non-hydrogen) atoms. The van der Waals surface area contributed by atoms with E-state index in [1.54, 1.807) is 30.1 Å². The van der Waals surface area contributed by atoms with Gasteiger partial charge in [0.2, 0.25) is 5.88 Å². The molecule has 0 aliphatic rings. The van der Waals surface area contributed by atoms with Crippen LogP contribution in [-0.2, 0) is 0 Å². The molecule has 0 N–H and O–H groups in total. The van der Waals surface area contributed by atoms with Crippen LogP contribution in [0.25, 0.3) is 17.2 Å².